The summed E-state index contributed by atoms with van der Waals surface area (Å²) in [5, 5.41) is 14.2. The molecule has 5 rings (SSSR count). The van der Waals surface area contributed by atoms with Gasteiger partial charge in [0.2, 0.25) is 5.91 Å². The Kier molecular flexibility index (Phi) is 5.07. The summed E-state index contributed by atoms with van der Waals surface area (Å²) in [5.41, 5.74) is 7.05. The van der Waals surface area contributed by atoms with Gasteiger partial charge in [0.05, 0.1) is 17.2 Å². The van der Waals surface area contributed by atoms with Crippen molar-refractivity contribution < 1.29 is 14.3 Å². The van der Waals surface area contributed by atoms with Crippen LogP contribution in [0, 0.1) is 11.7 Å². The van der Waals surface area contributed by atoms with Crippen molar-refractivity contribution in [2.45, 2.75) is 49.4 Å². The minimum Gasteiger partial charge on any atom is -0.392 e. The minimum atomic E-state index is -1.27. The van der Waals surface area contributed by atoms with Gasteiger partial charge >= 0.3 is 0 Å². The van der Waals surface area contributed by atoms with Crippen molar-refractivity contribution in [2.75, 3.05) is 11.9 Å². The van der Waals surface area contributed by atoms with Gasteiger partial charge in [-0.15, -0.1) is 0 Å². The quantitative estimate of drug-likeness (QED) is 0.642. The van der Waals surface area contributed by atoms with Crippen LogP contribution in [0.1, 0.15) is 36.8 Å². The Bertz CT molecular complexity index is 1060. The highest BCUT2D eigenvalue weighted by atomic mass is 35.5. The SMILES string of the molecule is C[C@@H](O)C1[C@H](N)C(c2cccc(Cl)c2F)[C@@]2(C(=O)Nc3cc(Cl)ccc32)N1CC1CC1. The first-order valence-corrected chi connectivity index (χ1v) is 11.3. The second kappa shape index (κ2) is 7.42. The van der Waals surface area contributed by atoms with Crippen LogP contribution in [0.2, 0.25) is 10.0 Å². The molecule has 2 aromatic carbocycles. The predicted octanol–water partition coefficient (Wildman–Crippen LogP) is 3.87. The van der Waals surface area contributed by atoms with E-state index in [-0.39, 0.29) is 16.5 Å². The zero-order valence-corrected chi connectivity index (χ0v) is 18.5. The smallest absolute Gasteiger partial charge is 0.250 e. The Morgan fingerprint density at radius 1 is 1.32 bits per heavy atom. The third-order valence-electron chi connectivity index (χ3n) is 6.99. The highest BCUT2D eigenvalue weighted by molar-refractivity contribution is 6.31. The maximum absolute atomic E-state index is 15.3. The average Bonchev–Trinajstić information content (AvgIpc) is 3.42. The maximum Gasteiger partial charge on any atom is 0.250 e. The molecule has 8 heteroatoms. The molecular weight excluding hydrogens is 440 g/mol. The molecule has 4 N–H and O–H groups in total. The Morgan fingerprint density at radius 3 is 2.74 bits per heavy atom. The Hall–Kier alpha value is -1.70. The van der Waals surface area contributed by atoms with Crippen LogP contribution in [0.4, 0.5) is 10.1 Å². The van der Waals surface area contributed by atoms with Gasteiger partial charge in [-0.25, -0.2) is 4.39 Å². The van der Waals surface area contributed by atoms with E-state index in [4.69, 9.17) is 28.9 Å². The summed E-state index contributed by atoms with van der Waals surface area (Å²) in [6, 6.07) is 8.78. The van der Waals surface area contributed by atoms with Crippen LogP contribution in [-0.4, -0.2) is 40.6 Å². The van der Waals surface area contributed by atoms with Gasteiger partial charge in [0.25, 0.3) is 0 Å². The summed E-state index contributed by atoms with van der Waals surface area (Å²) >= 11 is 12.3. The zero-order chi connectivity index (χ0) is 22.1. The maximum atomic E-state index is 15.3. The molecule has 2 aliphatic heterocycles. The topological polar surface area (TPSA) is 78.6 Å². The fourth-order valence-electron chi connectivity index (χ4n) is 5.60. The van der Waals surface area contributed by atoms with Crippen molar-refractivity contribution in [1.29, 1.82) is 0 Å². The van der Waals surface area contributed by atoms with Crippen molar-refractivity contribution in [3.8, 4) is 0 Å². The molecule has 2 aromatic rings. The minimum absolute atomic E-state index is 0.0242. The number of nitrogens with one attached hydrogen (secondary N) is 1. The van der Waals surface area contributed by atoms with Crippen LogP contribution in [0.3, 0.4) is 0 Å². The molecule has 2 unspecified atom stereocenters. The molecule has 1 spiro atoms. The number of carbonyl (C=O) groups excluding carboxylic acids is 1. The van der Waals surface area contributed by atoms with Crippen molar-refractivity contribution in [3.05, 3.63) is 63.4 Å². The summed E-state index contributed by atoms with van der Waals surface area (Å²) in [7, 11) is 0. The lowest BCUT2D eigenvalue weighted by atomic mass is 9.73. The van der Waals surface area contributed by atoms with Crippen LogP contribution in [0.5, 0.6) is 0 Å². The second-order valence-corrected chi connectivity index (χ2v) is 9.78. The van der Waals surface area contributed by atoms with Crippen molar-refractivity contribution in [1.82, 2.24) is 4.90 Å². The lowest BCUT2D eigenvalue weighted by Crippen LogP contribution is -2.55. The average molecular weight is 464 g/mol. The van der Waals surface area contributed by atoms with E-state index in [0.717, 1.165) is 12.8 Å². The van der Waals surface area contributed by atoms with Crippen LogP contribution in [-0.2, 0) is 10.3 Å². The summed E-state index contributed by atoms with van der Waals surface area (Å²) in [4.78, 5) is 15.8. The van der Waals surface area contributed by atoms with E-state index < -0.39 is 35.5 Å². The highest BCUT2D eigenvalue weighted by Gasteiger charge is 2.67. The van der Waals surface area contributed by atoms with Crippen LogP contribution >= 0.6 is 23.2 Å². The summed E-state index contributed by atoms with van der Waals surface area (Å²) < 4.78 is 15.3. The van der Waals surface area contributed by atoms with Crippen molar-refractivity contribution in [2.24, 2.45) is 11.7 Å². The molecule has 2 heterocycles. The van der Waals surface area contributed by atoms with Crippen molar-refractivity contribution >= 4 is 34.8 Å². The molecule has 31 heavy (non-hydrogen) atoms. The number of rotatable bonds is 4. The molecule has 0 aromatic heterocycles. The Morgan fingerprint density at radius 2 is 2.06 bits per heavy atom. The number of nitrogens with zero attached hydrogens (tertiary/aromatic N) is 1. The van der Waals surface area contributed by atoms with Gasteiger partial charge in [0, 0.05) is 34.8 Å². The number of likely N-dealkylation sites (tertiary alicyclic amines) is 1. The summed E-state index contributed by atoms with van der Waals surface area (Å²) in [6.07, 6.45) is 1.29. The number of anilines is 1. The molecule has 0 bridgehead atoms. The first kappa shape index (κ1) is 21.2. The number of benzene rings is 2. The van der Waals surface area contributed by atoms with Crippen molar-refractivity contribution in [3.63, 3.8) is 0 Å². The number of aliphatic hydroxyl groups is 1. The van der Waals surface area contributed by atoms with Crippen LogP contribution in [0.15, 0.2) is 36.4 Å². The lowest BCUT2D eigenvalue weighted by Gasteiger charge is -2.40. The Labute approximate surface area is 190 Å². The van der Waals surface area contributed by atoms with Gasteiger partial charge in [-0.05, 0) is 49.4 Å². The molecule has 3 aliphatic rings. The number of hydrogen-bond acceptors (Lipinski definition) is 4. The Balaban J connectivity index is 1.80. The molecule has 1 saturated heterocycles. The fourth-order valence-corrected chi connectivity index (χ4v) is 5.96. The first-order valence-electron chi connectivity index (χ1n) is 10.5. The van der Waals surface area contributed by atoms with Crippen LogP contribution in [0.25, 0.3) is 0 Å². The largest absolute Gasteiger partial charge is 0.392 e. The number of halogens is 3. The second-order valence-electron chi connectivity index (χ2n) is 8.94. The van der Waals surface area contributed by atoms with E-state index in [0.29, 0.717) is 28.7 Å². The molecule has 164 valence electrons. The van der Waals surface area contributed by atoms with Gasteiger partial charge in [-0.3, -0.25) is 9.69 Å². The van der Waals surface area contributed by atoms with Gasteiger partial charge < -0.3 is 16.2 Å². The lowest BCUT2D eigenvalue weighted by molar-refractivity contribution is -0.128. The zero-order valence-electron chi connectivity index (χ0n) is 17.0. The summed E-state index contributed by atoms with van der Waals surface area (Å²) in [5.74, 6) is -1.20. The van der Waals surface area contributed by atoms with E-state index >= 15 is 4.39 Å². The molecule has 1 aliphatic carbocycles. The van der Waals surface area contributed by atoms with E-state index in [2.05, 4.69) is 5.32 Å². The number of carbonyl (C=O) groups is 1. The van der Waals surface area contributed by atoms with Gasteiger partial charge in [0.15, 0.2) is 0 Å². The fraction of sp³-hybridized carbons (Fsp3) is 0.435. The number of nitrogens with two attached hydrogens (primary N) is 1. The standard InChI is InChI=1S/C23H24Cl2FN3O2/c1-11(30)21-20(27)18(14-3-2-4-16(25)19(14)26)23(29(21)10-12-5-6-12)15-8-7-13(24)9-17(15)28-22(23)31/h2-4,7-9,11-12,18,20-21,30H,5-6,10,27H2,1H3,(H,28,31)/t11-,18?,20-,21?,23+/m1/s1. The van der Waals surface area contributed by atoms with E-state index in [9.17, 15) is 9.90 Å². The third-order valence-corrected chi connectivity index (χ3v) is 7.52. The van der Waals surface area contributed by atoms with Crippen LogP contribution < -0.4 is 11.1 Å². The highest BCUT2D eigenvalue weighted by Crippen LogP contribution is 2.58. The van der Waals surface area contributed by atoms with Gasteiger partial charge in [-0.1, -0.05) is 41.4 Å². The predicted molar refractivity (Wildman–Crippen MR) is 119 cm³/mol. The molecule has 1 amide bonds. The van der Waals surface area contributed by atoms with E-state index in [1.54, 1.807) is 31.2 Å². The summed E-state index contributed by atoms with van der Waals surface area (Å²) in [6.45, 7) is 2.27. The molecular formula is C23H24Cl2FN3O2. The molecule has 0 radical (unpaired) electrons. The van der Waals surface area contributed by atoms with Gasteiger partial charge in [0.1, 0.15) is 11.4 Å². The number of fused-ring (bicyclic) bond motifs is 2. The molecule has 5 nitrogen and oxygen atoms in total. The third kappa shape index (κ3) is 3.04. The number of amides is 1. The number of hydrogen-bond donors (Lipinski definition) is 3. The normalized spacial score (nSPS) is 31.2. The molecule has 2 fully saturated rings. The van der Waals surface area contributed by atoms with E-state index in [1.165, 1.54) is 6.07 Å². The first-order chi connectivity index (χ1) is 14.8. The number of aliphatic hydroxyl groups excluding tert-OH is 1. The monoisotopic (exact) mass is 463 g/mol. The molecule has 1 saturated carbocycles. The van der Waals surface area contributed by atoms with Gasteiger partial charge in [-0.2, -0.15) is 0 Å². The molecule has 5 atom stereocenters. The van der Waals surface area contributed by atoms with E-state index in [1.807, 2.05) is 11.0 Å².